The Balaban J connectivity index is 2.43. The van der Waals surface area contributed by atoms with Crippen LogP contribution in [0.2, 0.25) is 0 Å². The number of carbonyl (C=O) groups excluding carboxylic acids is 1. The number of hydrogen-bond donors (Lipinski definition) is 2. The first-order valence-electron chi connectivity index (χ1n) is 5.53. The van der Waals surface area contributed by atoms with Gasteiger partial charge in [-0.2, -0.15) is 0 Å². The molecule has 6 heteroatoms. The molecule has 1 heterocycles. The van der Waals surface area contributed by atoms with Gasteiger partial charge in [-0.25, -0.2) is 4.98 Å². The number of H-pyrrole nitrogens is 1. The summed E-state index contributed by atoms with van der Waals surface area (Å²) in [7, 11) is 0. The van der Waals surface area contributed by atoms with Crippen molar-refractivity contribution in [2.45, 2.75) is 44.0 Å². The first-order chi connectivity index (χ1) is 7.67. The zero-order valence-corrected chi connectivity index (χ0v) is 10.7. The second-order valence-electron chi connectivity index (χ2n) is 3.47. The summed E-state index contributed by atoms with van der Waals surface area (Å²) in [6, 6.07) is 0. The molecule has 0 saturated carbocycles. The summed E-state index contributed by atoms with van der Waals surface area (Å²) in [5.74, 6) is 0.887. The summed E-state index contributed by atoms with van der Waals surface area (Å²) in [5.41, 5.74) is 0. The fourth-order valence-corrected chi connectivity index (χ4v) is 1.86. The van der Waals surface area contributed by atoms with Gasteiger partial charge >= 0.3 is 0 Å². The maximum Gasteiger partial charge on any atom is 0.233 e. The van der Waals surface area contributed by atoms with Crippen molar-refractivity contribution >= 4 is 17.7 Å². The van der Waals surface area contributed by atoms with Crippen LogP contribution in [0.5, 0.6) is 0 Å². The van der Waals surface area contributed by atoms with Crippen molar-refractivity contribution < 1.29 is 4.79 Å². The number of nitrogens with one attached hydrogen (secondary N) is 2. The zero-order chi connectivity index (χ0) is 12.0. The van der Waals surface area contributed by atoms with Gasteiger partial charge in [-0.3, -0.25) is 9.89 Å². The van der Waals surface area contributed by atoms with E-state index in [1.807, 2.05) is 20.8 Å². The van der Waals surface area contributed by atoms with Crippen LogP contribution < -0.4 is 5.32 Å². The molecular formula is C10H18N4OS. The summed E-state index contributed by atoms with van der Waals surface area (Å²) in [6.07, 6.45) is 1.77. The summed E-state index contributed by atoms with van der Waals surface area (Å²) in [5, 5.41) is 10.2. The Morgan fingerprint density at radius 3 is 2.88 bits per heavy atom. The van der Waals surface area contributed by atoms with Crippen molar-refractivity contribution in [3.63, 3.8) is 0 Å². The molecule has 90 valence electrons. The maximum absolute atomic E-state index is 11.6. The molecule has 0 radical (unpaired) electrons. The van der Waals surface area contributed by atoms with Crippen molar-refractivity contribution in [2.75, 3.05) is 6.54 Å². The standard InChI is InChI=1S/C10H18N4OS/c1-4-6-11-9(15)7(3)16-10-12-8(5-2)13-14-10/h7H,4-6H2,1-3H3,(H,11,15)(H,12,13,14)/t7-/m0/s1. The largest absolute Gasteiger partial charge is 0.355 e. The van der Waals surface area contributed by atoms with E-state index < -0.39 is 0 Å². The normalized spacial score (nSPS) is 12.4. The summed E-state index contributed by atoms with van der Waals surface area (Å²) in [6.45, 7) is 6.61. The lowest BCUT2D eigenvalue weighted by molar-refractivity contribution is -0.120. The molecule has 1 aromatic heterocycles. The van der Waals surface area contributed by atoms with E-state index in [0.29, 0.717) is 5.16 Å². The van der Waals surface area contributed by atoms with Gasteiger partial charge in [0.15, 0.2) is 0 Å². The van der Waals surface area contributed by atoms with Gasteiger partial charge < -0.3 is 5.32 Å². The van der Waals surface area contributed by atoms with Gasteiger partial charge in [0.1, 0.15) is 5.82 Å². The molecule has 0 unspecified atom stereocenters. The molecule has 5 nitrogen and oxygen atoms in total. The van der Waals surface area contributed by atoms with E-state index in [-0.39, 0.29) is 11.2 Å². The number of hydrogen-bond acceptors (Lipinski definition) is 4. The molecule has 0 aromatic carbocycles. The van der Waals surface area contributed by atoms with Crippen molar-refractivity contribution in [3.05, 3.63) is 5.82 Å². The first-order valence-corrected chi connectivity index (χ1v) is 6.41. The fourth-order valence-electron chi connectivity index (χ4n) is 1.09. The van der Waals surface area contributed by atoms with Crippen LogP contribution in [-0.4, -0.2) is 32.9 Å². The third-order valence-corrected chi connectivity index (χ3v) is 3.01. The minimum absolute atomic E-state index is 0.0368. The molecule has 0 bridgehead atoms. The van der Waals surface area contributed by atoms with Crippen molar-refractivity contribution in [1.82, 2.24) is 20.5 Å². The number of nitrogens with zero attached hydrogens (tertiary/aromatic N) is 2. The Morgan fingerprint density at radius 1 is 1.56 bits per heavy atom. The van der Waals surface area contributed by atoms with Crippen LogP contribution in [0.15, 0.2) is 5.16 Å². The Labute approximate surface area is 99.8 Å². The van der Waals surface area contributed by atoms with Crippen LogP contribution in [0.1, 0.15) is 33.0 Å². The van der Waals surface area contributed by atoms with Crippen LogP contribution >= 0.6 is 11.8 Å². The molecule has 16 heavy (non-hydrogen) atoms. The average Bonchev–Trinajstić information content (AvgIpc) is 2.73. The van der Waals surface area contributed by atoms with Gasteiger partial charge in [-0.1, -0.05) is 25.6 Å². The van der Waals surface area contributed by atoms with Crippen LogP contribution in [0.3, 0.4) is 0 Å². The molecule has 1 atom stereocenters. The van der Waals surface area contributed by atoms with E-state index in [9.17, 15) is 4.79 Å². The minimum Gasteiger partial charge on any atom is -0.355 e. The van der Waals surface area contributed by atoms with Crippen LogP contribution in [0.25, 0.3) is 0 Å². The van der Waals surface area contributed by atoms with Gasteiger partial charge in [0.05, 0.1) is 5.25 Å². The van der Waals surface area contributed by atoms with E-state index in [0.717, 1.165) is 25.2 Å². The second-order valence-corrected chi connectivity index (χ2v) is 4.78. The van der Waals surface area contributed by atoms with Crippen molar-refractivity contribution in [1.29, 1.82) is 0 Å². The average molecular weight is 242 g/mol. The van der Waals surface area contributed by atoms with Crippen LogP contribution in [-0.2, 0) is 11.2 Å². The lowest BCUT2D eigenvalue weighted by Crippen LogP contribution is -2.31. The van der Waals surface area contributed by atoms with Crippen LogP contribution in [0, 0.1) is 0 Å². The predicted octanol–water partition coefficient (Wildman–Crippen LogP) is 1.37. The SMILES string of the molecule is CCCNC(=O)[C@H](C)Sc1n[nH]c(CC)n1. The fraction of sp³-hybridized carbons (Fsp3) is 0.700. The Morgan fingerprint density at radius 2 is 2.31 bits per heavy atom. The van der Waals surface area contributed by atoms with E-state index >= 15 is 0 Å². The predicted molar refractivity (Wildman–Crippen MR) is 64.4 cm³/mol. The highest BCUT2D eigenvalue weighted by molar-refractivity contribution is 8.00. The molecule has 0 aliphatic rings. The Hall–Kier alpha value is -1.04. The Bertz CT molecular complexity index is 339. The third-order valence-electron chi connectivity index (χ3n) is 2.05. The third kappa shape index (κ3) is 3.84. The van der Waals surface area contributed by atoms with E-state index in [1.165, 1.54) is 11.8 Å². The number of aryl methyl sites for hydroxylation is 1. The monoisotopic (exact) mass is 242 g/mol. The first kappa shape index (κ1) is 13.0. The Kier molecular flexibility index (Phi) is 5.31. The minimum atomic E-state index is -0.160. The number of thioether (sulfide) groups is 1. The number of rotatable bonds is 6. The maximum atomic E-state index is 11.6. The molecule has 1 rings (SSSR count). The zero-order valence-electron chi connectivity index (χ0n) is 9.91. The summed E-state index contributed by atoms with van der Waals surface area (Å²) in [4.78, 5) is 15.8. The highest BCUT2D eigenvalue weighted by Crippen LogP contribution is 2.18. The van der Waals surface area contributed by atoms with Crippen LogP contribution in [0.4, 0.5) is 0 Å². The summed E-state index contributed by atoms with van der Waals surface area (Å²) >= 11 is 1.37. The topological polar surface area (TPSA) is 70.7 Å². The lowest BCUT2D eigenvalue weighted by atomic mass is 10.4. The molecule has 0 aliphatic carbocycles. The number of carbonyl (C=O) groups is 1. The molecule has 0 saturated heterocycles. The van der Waals surface area contributed by atoms with E-state index in [1.54, 1.807) is 0 Å². The molecule has 0 fully saturated rings. The van der Waals surface area contributed by atoms with Gasteiger partial charge in [0.25, 0.3) is 0 Å². The number of aromatic nitrogens is 3. The van der Waals surface area contributed by atoms with E-state index in [2.05, 4.69) is 20.5 Å². The summed E-state index contributed by atoms with van der Waals surface area (Å²) < 4.78 is 0. The quantitative estimate of drug-likeness (QED) is 0.739. The molecule has 0 spiro atoms. The highest BCUT2D eigenvalue weighted by Gasteiger charge is 2.15. The molecular weight excluding hydrogens is 224 g/mol. The van der Waals surface area contributed by atoms with E-state index in [4.69, 9.17) is 0 Å². The number of amides is 1. The smallest absolute Gasteiger partial charge is 0.233 e. The van der Waals surface area contributed by atoms with Gasteiger partial charge in [0, 0.05) is 13.0 Å². The molecule has 1 amide bonds. The lowest BCUT2D eigenvalue weighted by Gasteiger charge is -2.08. The molecule has 2 N–H and O–H groups in total. The van der Waals surface area contributed by atoms with Gasteiger partial charge in [-0.15, -0.1) is 5.10 Å². The van der Waals surface area contributed by atoms with Gasteiger partial charge in [0.2, 0.25) is 11.1 Å². The molecule has 1 aromatic rings. The van der Waals surface area contributed by atoms with Gasteiger partial charge in [-0.05, 0) is 13.3 Å². The highest BCUT2D eigenvalue weighted by atomic mass is 32.2. The number of aromatic amines is 1. The second kappa shape index (κ2) is 6.52. The van der Waals surface area contributed by atoms with Crippen molar-refractivity contribution in [3.8, 4) is 0 Å². The molecule has 0 aliphatic heterocycles. The van der Waals surface area contributed by atoms with Crippen molar-refractivity contribution in [2.24, 2.45) is 0 Å².